The second kappa shape index (κ2) is 4.41. The van der Waals surface area contributed by atoms with E-state index >= 15 is 0 Å². The summed E-state index contributed by atoms with van der Waals surface area (Å²) < 4.78 is 0. The predicted molar refractivity (Wildman–Crippen MR) is 37.4 cm³/mol. The largest absolute Gasteiger partial charge is 1.00 e. The van der Waals surface area contributed by atoms with Gasteiger partial charge in [-0.25, -0.2) is 0 Å². The van der Waals surface area contributed by atoms with Gasteiger partial charge in [-0.3, -0.25) is 0 Å². The molecule has 70 valence electrons. The van der Waals surface area contributed by atoms with Gasteiger partial charge in [0, 0.05) is 5.56 Å². The number of aromatic carboxylic acids is 1. The molecule has 0 saturated carbocycles. The van der Waals surface area contributed by atoms with E-state index in [-0.39, 0.29) is 29.6 Å². The van der Waals surface area contributed by atoms with Gasteiger partial charge >= 0.3 is 29.6 Å². The number of carboxylic acids is 1. The maximum Gasteiger partial charge on any atom is 1.00 e. The van der Waals surface area contributed by atoms with Crippen molar-refractivity contribution in [2.24, 2.45) is 0 Å². The van der Waals surface area contributed by atoms with Crippen LogP contribution in [0.1, 0.15) is 10.4 Å². The monoisotopic (exact) mass is 208 g/mol. The first-order chi connectivity index (χ1) is 5.95. The summed E-state index contributed by atoms with van der Waals surface area (Å²) in [5.41, 5.74) is -0.798. The first-order valence-corrected chi connectivity index (χ1v) is 3.13. The number of hydrogen-bond acceptors (Lipinski definition) is 6. The molecule has 0 aliphatic carbocycles. The summed E-state index contributed by atoms with van der Waals surface area (Å²) in [6, 6.07) is 0.569. The van der Waals surface area contributed by atoms with Gasteiger partial charge in [0.05, 0.1) is 5.97 Å². The first kappa shape index (κ1) is 12.9. The van der Waals surface area contributed by atoms with Crippen molar-refractivity contribution in [3.8, 4) is 23.0 Å². The molecule has 1 rings (SSSR count). The Bertz CT molecular complexity index is 375. The minimum absolute atomic E-state index is 0. The molecule has 0 heterocycles. The van der Waals surface area contributed by atoms with Crippen molar-refractivity contribution < 1.29 is 59.9 Å². The molecule has 0 aliphatic rings. The summed E-state index contributed by atoms with van der Waals surface area (Å²) in [5.74, 6) is -5.75. The van der Waals surface area contributed by atoms with Crippen LogP contribution in [-0.2, 0) is 0 Å². The third-order valence-corrected chi connectivity index (χ3v) is 1.45. The topological polar surface area (TPSA) is 121 Å². The van der Waals surface area contributed by atoms with Crippen molar-refractivity contribution in [1.82, 2.24) is 0 Å². The summed E-state index contributed by atoms with van der Waals surface area (Å²) in [6.07, 6.45) is 0. The van der Waals surface area contributed by atoms with Crippen LogP contribution in [-0.4, -0.2) is 26.4 Å². The van der Waals surface area contributed by atoms with Gasteiger partial charge in [-0.2, -0.15) is 0 Å². The third-order valence-electron chi connectivity index (χ3n) is 1.45. The molecule has 0 radical (unpaired) electrons. The summed E-state index contributed by atoms with van der Waals surface area (Å²) in [7, 11) is 0. The Morgan fingerprint density at radius 2 is 1.57 bits per heavy atom. The van der Waals surface area contributed by atoms with Gasteiger partial charge < -0.3 is 30.3 Å². The summed E-state index contributed by atoms with van der Waals surface area (Å²) in [6.45, 7) is 0. The molecule has 1 aromatic rings. The Kier molecular flexibility index (Phi) is 4.06. The second-order valence-electron chi connectivity index (χ2n) is 2.28. The number of carbonyl (C=O) groups excluding carboxylic acids is 1. The van der Waals surface area contributed by atoms with Gasteiger partial charge in [-0.15, -0.1) is 0 Å². The van der Waals surface area contributed by atoms with Gasteiger partial charge in [0.1, 0.15) is 0 Å². The van der Waals surface area contributed by atoms with Gasteiger partial charge in [0.2, 0.25) is 11.5 Å². The number of phenols is 4. The molecule has 0 saturated heterocycles. The van der Waals surface area contributed by atoms with Crippen molar-refractivity contribution in [2.45, 2.75) is 0 Å². The molecule has 1 aromatic carbocycles. The molecule has 0 bridgehead atoms. The van der Waals surface area contributed by atoms with E-state index < -0.39 is 34.5 Å². The standard InChI is InChI=1S/C7H6O6.Na/c8-3-1-2(7(12)13)4(9)6(11)5(3)10;/h1,8-11H,(H,12,13);/q;+1/p-1. The van der Waals surface area contributed by atoms with Crippen LogP contribution in [0.4, 0.5) is 0 Å². The SMILES string of the molecule is O=C([O-])c1cc(O)c(O)c(O)c1O.[Na+]. The number of hydrogen-bond donors (Lipinski definition) is 4. The molecule has 0 atom stereocenters. The van der Waals surface area contributed by atoms with Crippen LogP contribution >= 0.6 is 0 Å². The van der Waals surface area contributed by atoms with Crippen molar-refractivity contribution in [1.29, 1.82) is 0 Å². The minimum Gasteiger partial charge on any atom is -0.545 e. The van der Waals surface area contributed by atoms with Gasteiger partial charge in [0.15, 0.2) is 11.5 Å². The smallest absolute Gasteiger partial charge is 0.545 e. The predicted octanol–water partition coefficient (Wildman–Crippen LogP) is -4.12. The van der Waals surface area contributed by atoms with Crippen LogP contribution in [0.25, 0.3) is 0 Å². The summed E-state index contributed by atoms with van der Waals surface area (Å²) in [4.78, 5) is 10.3. The van der Waals surface area contributed by atoms with E-state index in [1.807, 2.05) is 0 Å². The van der Waals surface area contributed by atoms with E-state index in [9.17, 15) is 9.90 Å². The average molecular weight is 208 g/mol. The fraction of sp³-hybridized carbons (Fsp3) is 0. The molecule has 6 nitrogen and oxygen atoms in total. The van der Waals surface area contributed by atoms with Gasteiger partial charge in [0.25, 0.3) is 0 Å². The van der Waals surface area contributed by atoms with Crippen molar-refractivity contribution >= 4 is 5.97 Å². The van der Waals surface area contributed by atoms with E-state index in [0.717, 1.165) is 0 Å². The van der Waals surface area contributed by atoms with Crippen LogP contribution in [0.5, 0.6) is 23.0 Å². The molecule has 7 heteroatoms. The number of carbonyl (C=O) groups is 1. The Hall–Kier alpha value is -1.11. The van der Waals surface area contributed by atoms with E-state index in [1.54, 1.807) is 0 Å². The molecule has 14 heavy (non-hydrogen) atoms. The maximum absolute atomic E-state index is 10.3. The van der Waals surface area contributed by atoms with Crippen molar-refractivity contribution in [2.75, 3.05) is 0 Å². The number of rotatable bonds is 1. The normalized spacial score (nSPS) is 9.14. The van der Waals surface area contributed by atoms with Gasteiger partial charge in [-0.1, -0.05) is 0 Å². The van der Waals surface area contributed by atoms with Crippen LogP contribution < -0.4 is 34.7 Å². The Morgan fingerprint density at radius 3 is 2.00 bits per heavy atom. The quantitative estimate of drug-likeness (QED) is 0.211. The van der Waals surface area contributed by atoms with Crippen LogP contribution in [0.3, 0.4) is 0 Å². The summed E-state index contributed by atoms with van der Waals surface area (Å²) in [5, 5.41) is 45.7. The van der Waals surface area contributed by atoms with Crippen LogP contribution in [0, 0.1) is 0 Å². The Morgan fingerprint density at radius 1 is 1.07 bits per heavy atom. The van der Waals surface area contributed by atoms with Gasteiger partial charge in [-0.05, 0) is 6.07 Å². The molecular weight excluding hydrogens is 203 g/mol. The molecule has 0 fully saturated rings. The molecule has 4 N–H and O–H groups in total. The molecule has 0 unspecified atom stereocenters. The zero-order valence-electron chi connectivity index (χ0n) is 7.18. The average Bonchev–Trinajstić information content (AvgIpc) is 2.07. The third kappa shape index (κ3) is 2.03. The number of aromatic hydroxyl groups is 4. The Labute approximate surface area is 100 Å². The van der Waals surface area contributed by atoms with E-state index in [0.29, 0.717) is 6.07 Å². The maximum atomic E-state index is 10.3. The van der Waals surface area contributed by atoms with Crippen LogP contribution in [0.15, 0.2) is 6.07 Å². The number of carboxylic acid groups (broad SMARTS) is 1. The van der Waals surface area contributed by atoms with E-state index in [4.69, 9.17) is 20.4 Å². The van der Waals surface area contributed by atoms with E-state index in [2.05, 4.69) is 0 Å². The molecule has 0 aromatic heterocycles. The Balaban J connectivity index is 0.00000169. The van der Waals surface area contributed by atoms with Crippen molar-refractivity contribution in [3.63, 3.8) is 0 Å². The second-order valence-corrected chi connectivity index (χ2v) is 2.28. The molecule has 0 spiro atoms. The molecular formula is C7H5NaO6. The molecule has 0 amide bonds. The fourth-order valence-electron chi connectivity index (χ4n) is 0.790. The zero-order chi connectivity index (χ0) is 10.2. The fourth-order valence-corrected chi connectivity index (χ4v) is 0.790. The molecule has 0 aliphatic heterocycles. The number of phenolic OH excluding ortho intramolecular Hbond substituents is 3. The number of benzene rings is 1. The van der Waals surface area contributed by atoms with Crippen LogP contribution in [0.2, 0.25) is 0 Å². The van der Waals surface area contributed by atoms with Crippen molar-refractivity contribution in [3.05, 3.63) is 11.6 Å². The summed E-state index contributed by atoms with van der Waals surface area (Å²) >= 11 is 0. The minimum atomic E-state index is -1.77. The van der Waals surface area contributed by atoms with E-state index in [1.165, 1.54) is 0 Å². The first-order valence-electron chi connectivity index (χ1n) is 3.13. The zero-order valence-corrected chi connectivity index (χ0v) is 9.18.